The highest BCUT2D eigenvalue weighted by atomic mass is 16.5. The Morgan fingerprint density at radius 3 is 2.75 bits per heavy atom. The van der Waals surface area contributed by atoms with Crippen LogP contribution in [0.3, 0.4) is 0 Å². The summed E-state index contributed by atoms with van der Waals surface area (Å²) in [5.41, 5.74) is 2.60. The van der Waals surface area contributed by atoms with E-state index in [1.807, 2.05) is 32.2 Å². The molecule has 6 heteroatoms. The van der Waals surface area contributed by atoms with Crippen LogP contribution in [-0.4, -0.2) is 29.6 Å². The summed E-state index contributed by atoms with van der Waals surface area (Å²) in [5, 5.41) is 9.68. The Balaban J connectivity index is 1.91. The molecule has 0 aliphatic rings. The van der Waals surface area contributed by atoms with Crippen LogP contribution in [0, 0.1) is 13.8 Å². The Labute approximate surface area is 117 Å². The average Bonchev–Trinajstić information content (AvgIpc) is 2.84. The van der Waals surface area contributed by atoms with Gasteiger partial charge in [0, 0.05) is 38.2 Å². The third-order valence-corrected chi connectivity index (χ3v) is 2.96. The fourth-order valence-electron chi connectivity index (χ4n) is 1.90. The van der Waals surface area contributed by atoms with Crippen LogP contribution in [0.15, 0.2) is 22.7 Å². The molecule has 6 nitrogen and oxygen atoms in total. The third kappa shape index (κ3) is 3.34. The lowest BCUT2D eigenvalue weighted by molar-refractivity contribution is 0.0953. The zero-order valence-corrected chi connectivity index (χ0v) is 11.9. The number of rotatable bonds is 5. The molecule has 0 saturated heterocycles. The molecule has 1 amide bonds. The van der Waals surface area contributed by atoms with E-state index in [9.17, 15) is 4.79 Å². The van der Waals surface area contributed by atoms with Crippen LogP contribution < -0.4 is 10.6 Å². The van der Waals surface area contributed by atoms with Crippen LogP contribution in [0.25, 0.3) is 0 Å². The van der Waals surface area contributed by atoms with E-state index in [-0.39, 0.29) is 5.91 Å². The molecule has 0 radical (unpaired) electrons. The van der Waals surface area contributed by atoms with Gasteiger partial charge < -0.3 is 15.2 Å². The second-order valence-electron chi connectivity index (χ2n) is 4.52. The molecule has 0 aliphatic carbocycles. The van der Waals surface area contributed by atoms with Crippen molar-refractivity contribution in [3.05, 3.63) is 41.0 Å². The van der Waals surface area contributed by atoms with Crippen LogP contribution in [-0.2, 0) is 6.42 Å². The minimum absolute atomic E-state index is 0.0923. The number of amides is 1. The van der Waals surface area contributed by atoms with E-state index in [1.165, 1.54) is 0 Å². The fraction of sp³-hybridized carbons (Fsp3) is 0.357. The number of hydrogen-bond donors (Lipinski definition) is 2. The van der Waals surface area contributed by atoms with Crippen LogP contribution in [0.1, 0.15) is 27.6 Å². The minimum Gasteiger partial charge on any atom is -0.388 e. The van der Waals surface area contributed by atoms with Gasteiger partial charge in [0.2, 0.25) is 5.89 Å². The Hall–Kier alpha value is -2.37. The van der Waals surface area contributed by atoms with Gasteiger partial charge in [0.25, 0.3) is 5.91 Å². The second kappa shape index (κ2) is 6.18. The number of aryl methyl sites for hydroxylation is 2. The normalized spacial score (nSPS) is 10.3. The average molecular weight is 274 g/mol. The molecular formula is C14H18N4O2. The Morgan fingerprint density at radius 2 is 2.15 bits per heavy atom. The van der Waals surface area contributed by atoms with Gasteiger partial charge in [-0.05, 0) is 30.7 Å². The van der Waals surface area contributed by atoms with E-state index in [1.54, 1.807) is 6.92 Å². The quantitative estimate of drug-likeness (QED) is 0.867. The molecule has 2 aromatic rings. The first-order chi connectivity index (χ1) is 9.60. The molecule has 0 unspecified atom stereocenters. The van der Waals surface area contributed by atoms with E-state index in [0.717, 1.165) is 11.3 Å². The molecule has 0 fully saturated rings. The van der Waals surface area contributed by atoms with Crippen molar-refractivity contribution >= 4 is 11.6 Å². The summed E-state index contributed by atoms with van der Waals surface area (Å²) < 4.78 is 4.87. The van der Waals surface area contributed by atoms with Crippen molar-refractivity contribution in [2.45, 2.75) is 20.3 Å². The lowest BCUT2D eigenvalue weighted by Gasteiger charge is -2.08. The molecular weight excluding hydrogens is 256 g/mol. The van der Waals surface area contributed by atoms with Crippen molar-refractivity contribution in [2.24, 2.45) is 0 Å². The molecule has 2 rings (SSSR count). The van der Waals surface area contributed by atoms with Gasteiger partial charge in [-0.15, -0.1) is 0 Å². The number of carbonyl (C=O) groups excluding carboxylic acids is 1. The van der Waals surface area contributed by atoms with Crippen LogP contribution in [0.5, 0.6) is 0 Å². The summed E-state index contributed by atoms with van der Waals surface area (Å²) in [6.07, 6.45) is 0.552. The maximum atomic E-state index is 12.1. The SMILES string of the molecule is CNc1ccc(C(=O)NCCc2noc(C)n2)c(C)c1. The zero-order valence-electron chi connectivity index (χ0n) is 11.9. The third-order valence-electron chi connectivity index (χ3n) is 2.96. The Kier molecular flexibility index (Phi) is 4.34. The zero-order chi connectivity index (χ0) is 14.5. The van der Waals surface area contributed by atoms with Crippen molar-refractivity contribution in [1.82, 2.24) is 15.5 Å². The molecule has 0 saturated carbocycles. The number of nitrogens with zero attached hydrogens (tertiary/aromatic N) is 2. The molecule has 106 valence electrons. The summed E-state index contributed by atoms with van der Waals surface area (Å²) in [6.45, 7) is 4.13. The van der Waals surface area contributed by atoms with Crippen molar-refractivity contribution < 1.29 is 9.32 Å². The molecule has 0 bridgehead atoms. The van der Waals surface area contributed by atoms with Crippen LogP contribution in [0.2, 0.25) is 0 Å². The summed E-state index contributed by atoms with van der Waals surface area (Å²) in [6, 6.07) is 5.64. The maximum absolute atomic E-state index is 12.1. The summed E-state index contributed by atoms with van der Waals surface area (Å²) in [7, 11) is 1.85. The van der Waals surface area contributed by atoms with Crippen molar-refractivity contribution in [3.63, 3.8) is 0 Å². The number of benzene rings is 1. The second-order valence-corrected chi connectivity index (χ2v) is 4.52. The molecule has 1 heterocycles. The highest BCUT2D eigenvalue weighted by Gasteiger charge is 2.09. The number of anilines is 1. The maximum Gasteiger partial charge on any atom is 0.251 e. The molecule has 1 aromatic heterocycles. The number of aromatic nitrogens is 2. The number of hydrogen-bond acceptors (Lipinski definition) is 5. The van der Waals surface area contributed by atoms with Gasteiger partial charge in [0.15, 0.2) is 5.82 Å². The summed E-state index contributed by atoms with van der Waals surface area (Å²) >= 11 is 0. The lowest BCUT2D eigenvalue weighted by Crippen LogP contribution is -2.26. The monoisotopic (exact) mass is 274 g/mol. The predicted molar refractivity (Wildman–Crippen MR) is 75.8 cm³/mol. The van der Waals surface area contributed by atoms with E-state index < -0.39 is 0 Å². The first kappa shape index (κ1) is 14.0. The van der Waals surface area contributed by atoms with Gasteiger partial charge in [-0.3, -0.25) is 4.79 Å². The van der Waals surface area contributed by atoms with Crippen molar-refractivity contribution in [2.75, 3.05) is 18.9 Å². The Bertz CT molecular complexity index is 607. The minimum atomic E-state index is -0.0923. The van der Waals surface area contributed by atoms with Crippen LogP contribution in [0.4, 0.5) is 5.69 Å². The largest absolute Gasteiger partial charge is 0.388 e. The summed E-state index contributed by atoms with van der Waals surface area (Å²) in [4.78, 5) is 16.1. The van der Waals surface area contributed by atoms with E-state index in [0.29, 0.717) is 30.2 Å². The Morgan fingerprint density at radius 1 is 1.35 bits per heavy atom. The van der Waals surface area contributed by atoms with Gasteiger partial charge in [0.05, 0.1) is 0 Å². The van der Waals surface area contributed by atoms with Crippen molar-refractivity contribution in [1.29, 1.82) is 0 Å². The molecule has 1 aromatic carbocycles. The standard InChI is InChI=1S/C14H18N4O2/c1-9-8-11(15-3)4-5-12(9)14(19)16-7-6-13-17-10(2)20-18-13/h4-5,8,15H,6-7H2,1-3H3,(H,16,19). The van der Waals surface area contributed by atoms with Gasteiger partial charge in [-0.25, -0.2) is 0 Å². The van der Waals surface area contributed by atoms with Crippen LogP contribution >= 0.6 is 0 Å². The number of nitrogens with one attached hydrogen (secondary N) is 2. The first-order valence-corrected chi connectivity index (χ1v) is 6.46. The van der Waals surface area contributed by atoms with Gasteiger partial charge in [-0.2, -0.15) is 4.98 Å². The molecule has 2 N–H and O–H groups in total. The molecule has 0 atom stereocenters. The number of carbonyl (C=O) groups is 1. The smallest absolute Gasteiger partial charge is 0.251 e. The summed E-state index contributed by atoms with van der Waals surface area (Å²) in [5.74, 6) is 1.04. The molecule has 0 aliphatic heterocycles. The fourth-order valence-corrected chi connectivity index (χ4v) is 1.90. The van der Waals surface area contributed by atoms with Gasteiger partial charge in [-0.1, -0.05) is 5.16 Å². The van der Waals surface area contributed by atoms with Crippen molar-refractivity contribution in [3.8, 4) is 0 Å². The van der Waals surface area contributed by atoms with E-state index in [4.69, 9.17) is 4.52 Å². The van der Waals surface area contributed by atoms with E-state index in [2.05, 4.69) is 20.8 Å². The molecule has 0 spiro atoms. The predicted octanol–water partition coefficient (Wildman–Crippen LogP) is 1.70. The highest BCUT2D eigenvalue weighted by molar-refractivity contribution is 5.96. The first-order valence-electron chi connectivity index (χ1n) is 6.46. The van der Waals surface area contributed by atoms with Gasteiger partial charge >= 0.3 is 0 Å². The topological polar surface area (TPSA) is 80.0 Å². The van der Waals surface area contributed by atoms with E-state index >= 15 is 0 Å². The lowest BCUT2D eigenvalue weighted by atomic mass is 10.1. The highest BCUT2D eigenvalue weighted by Crippen LogP contribution is 2.14. The molecule has 20 heavy (non-hydrogen) atoms. The van der Waals surface area contributed by atoms with Gasteiger partial charge in [0.1, 0.15) is 0 Å².